The highest BCUT2D eigenvalue weighted by molar-refractivity contribution is 7.99. The fourth-order valence-corrected chi connectivity index (χ4v) is 4.27. The molecule has 0 saturated carbocycles. The fourth-order valence-electron chi connectivity index (χ4n) is 3.16. The van der Waals surface area contributed by atoms with Gasteiger partial charge in [0.2, 0.25) is 0 Å². The number of hydrogen-bond donors (Lipinski definition) is 1. The van der Waals surface area contributed by atoms with Crippen LogP contribution in [-0.2, 0) is 11.3 Å². The Morgan fingerprint density at radius 3 is 2.55 bits per heavy atom. The van der Waals surface area contributed by atoms with Gasteiger partial charge in [0.1, 0.15) is 0 Å². The van der Waals surface area contributed by atoms with Gasteiger partial charge in [-0.25, -0.2) is 10.4 Å². The van der Waals surface area contributed by atoms with Crippen LogP contribution in [0.15, 0.2) is 94.2 Å². The van der Waals surface area contributed by atoms with Crippen molar-refractivity contribution in [3.8, 4) is 0 Å². The van der Waals surface area contributed by atoms with Gasteiger partial charge in [-0.2, -0.15) is 5.10 Å². The number of nitrogens with one attached hydrogen (secondary N) is 1. The average Bonchev–Trinajstić information content (AvgIpc) is 3.17. The average molecular weight is 495 g/mol. The van der Waals surface area contributed by atoms with Crippen molar-refractivity contribution in [3.05, 3.63) is 100 Å². The van der Waals surface area contributed by atoms with Crippen molar-refractivity contribution in [2.75, 3.05) is 5.75 Å². The minimum absolute atomic E-state index is 0.168. The number of halogens is 2. The van der Waals surface area contributed by atoms with Crippen molar-refractivity contribution in [1.82, 2.24) is 15.0 Å². The second kappa shape index (κ2) is 11.2. The van der Waals surface area contributed by atoms with Crippen LogP contribution in [0.5, 0.6) is 0 Å². The van der Waals surface area contributed by atoms with E-state index in [2.05, 4.69) is 15.1 Å². The summed E-state index contributed by atoms with van der Waals surface area (Å²) in [7, 11) is 0. The van der Waals surface area contributed by atoms with E-state index in [0.29, 0.717) is 16.6 Å². The number of carbonyl (C=O) groups excluding carboxylic acids is 1. The number of fused-ring (bicyclic) bond motifs is 1. The van der Waals surface area contributed by atoms with Gasteiger partial charge in [0.05, 0.1) is 34.6 Å². The van der Waals surface area contributed by atoms with Gasteiger partial charge >= 0.3 is 0 Å². The lowest BCUT2D eigenvalue weighted by molar-refractivity contribution is -0.118. The number of nitrogens with zero attached hydrogens (tertiary/aromatic N) is 3. The molecular formula is C25H20Cl2N4OS. The summed E-state index contributed by atoms with van der Waals surface area (Å²) in [6.45, 7) is 0.625. The quantitative estimate of drug-likeness (QED) is 0.180. The number of thioether (sulfide) groups is 1. The zero-order valence-corrected chi connectivity index (χ0v) is 19.8. The van der Waals surface area contributed by atoms with Crippen LogP contribution in [0.1, 0.15) is 11.1 Å². The van der Waals surface area contributed by atoms with E-state index >= 15 is 0 Å². The molecule has 0 radical (unpaired) electrons. The van der Waals surface area contributed by atoms with Gasteiger partial charge in [-0.1, -0.05) is 89.6 Å². The third kappa shape index (κ3) is 6.48. The summed E-state index contributed by atoms with van der Waals surface area (Å²) in [6, 6.07) is 25.3. The molecular weight excluding hydrogens is 475 g/mol. The molecule has 4 aromatic rings. The monoisotopic (exact) mass is 494 g/mol. The number of amides is 1. The minimum Gasteiger partial charge on any atom is -0.314 e. The van der Waals surface area contributed by atoms with Crippen molar-refractivity contribution in [2.24, 2.45) is 5.10 Å². The molecule has 0 bridgehead atoms. The van der Waals surface area contributed by atoms with Gasteiger partial charge in [0.25, 0.3) is 5.91 Å². The summed E-state index contributed by atoms with van der Waals surface area (Å²) in [6.07, 6.45) is 3.18. The first-order valence-corrected chi connectivity index (χ1v) is 11.9. The summed E-state index contributed by atoms with van der Waals surface area (Å²) in [5, 5.41) is 5.81. The highest BCUT2D eigenvalue weighted by Gasteiger charge is 2.13. The number of imidazole rings is 1. The standard InChI is InChI=1S/C25H20Cl2N4OS/c26-20-12-10-19(11-13-20)16-31-23-9-5-4-8-22(23)29-25(31)33-17-24(32)30-28-15-21(27)14-18-6-2-1-3-7-18/h1-15H,16-17H2,(H,30,32)/b21-14+,28-15+. The maximum Gasteiger partial charge on any atom is 0.250 e. The Morgan fingerprint density at radius 1 is 1.03 bits per heavy atom. The largest absolute Gasteiger partial charge is 0.314 e. The molecule has 5 nitrogen and oxygen atoms in total. The molecule has 3 aromatic carbocycles. The van der Waals surface area contributed by atoms with E-state index < -0.39 is 0 Å². The number of allylic oxidation sites excluding steroid dienone is 1. The Kier molecular flexibility index (Phi) is 7.83. The molecule has 1 amide bonds. The molecule has 1 heterocycles. The summed E-state index contributed by atoms with van der Waals surface area (Å²) < 4.78 is 2.10. The molecule has 0 fully saturated rings. The first kappa shape index (κ1) is 23.1. The summed E-state index contributed by atoms with van der Waals surface area (Å²) in [4.78, 5) is 17.0. The predicted molar refractivity (Wildman–Crippen MR) is 138 cm³/mol. The van der Waals surface area contributed by atoms with E-state index in [9.17, 15) is 4.79 Å². The van der Waals surface area contributed by atoms with Gasteiger partial charge in [0, 0.05) is 5.02 Å². The van der Waals surface area contributed by atoms with Crippen LogP contribution in [0.3, 0.4) is 0 Å². The number of para-hydroxylation sites is 2. The van der Waals surface area contributed by atoms with E-state index in [1.165, 1.54) is 18.0 Å². The SMILES string of the molecule is O=C(CSc1nc2ccccc2n1Cc1ccc(Cl)cc1)N/N=C/C(Cl)=C\c1ccccc1. The van der Waals surface area contributed by atoms with Crippen LogP contribution in [0.25, 0.3) is 17.1 Å². The normalized spacial score (nSPS) is 11.9. The molecule has 166 valence electrons. The molecule has 4 rings (SSSR count). The summed E-state index contributed by atoms with van der Waals surface area (Å²) in [5.41, 5.74) is 6.45. The molecule has 1 aromatic heterocycles. The van der Waals surface area contributed by atoms with Crippen LogP contribution in [0.4, 0.5) is 0 Å². The third-order valence-corrected chi connectivity index (χ3v) is 6.12. The van der Waals surface area contributed by atoms with Crippen molar-refractivity contribution in [3.63, 3.8) is 0 Å². The molecule has 33 heavy (non-hydrogen) atoms. The van der Waals surface area contributed by atoms with Crippen LogP contribution >= 0.6 is 35.0 Å². The first-order valence-electron chi connectivity index (χ1n) is 10.1. The highest BCUT2D eigenvalue weighted by atomic mass is 35.5. The molecule has 0 aliphatic carbocycles. The zero-order chi connectivity index (χ0) is 23.0. The van der Waals surface area contributed by atoms with Gasteiger partial charge in [-0.15, -0.1) is 0 Å². The number of hydrazone groups is 1. The van der Waals surface area contributed by atoms with Crippen LogP contribution in [0.2, 0.25) is 5.02 Å². The minimum atomic E-state index is -0.245. The highest BCUT2D eigenvalue weighted by Crippen LogP contribution is 2.25. The van der Waals surface area contributed by atoms with E-state index in [1.807, 2.05) is 78.9 Å². The molecule has 0 aliphatic rings. The Labute approximate surface area is 206 Å². The van der Waals surface area contributed by atoms with Crippen LogP contribution in [-0.4, -0.2) is 27.4 Å². The number of hydrogen-bond acceptors (Lipinski definition) is 4. The number of rotatable bonds is 8. The Hall–Kier alpha value is -3.06. The van der Waals surface area contributed by atoms with Crippen molar-refractivity contribution >= 4 is 64.2 Å². The van der Waals surface area contributed by atoms with Crippen LogP contribution < -0.4 is 5.43 Å². The molecule has 8 heteroatoms. The molecule has 0 saturated heterocycles. The molecule has 0 atom stereocenters. The molecule has 0 aliphatic heterocycles. The van der Waals surface area contributed by atoms with E-state index in [1.54, 1.807) is 6.08 Å². The van der Waals surface area contributed by atoms with E-state index in [-0.39, 0.29) is 11.7 Å². The number of carbonyl (C=O) groups is 1. The Morgan fingerprint density at radius 2 is 1.76 bits per heavy atom. The Bertz CT molecular complexity index is 1300. The lowest BCUT2D eigenvalue weighted by Crippen LogP contribution is -2.20. The first-order chi connectivity index (χ1) is 16.1. The van der Waals surface area contributed by atoms with Crippen LogP contribution in [0, 0.1) is 0 Å². The van der Waals surface area contributed by atoms with Crippen molar-refractivity contribution in [2.45, 2.75) is 11.7 Å². The summed E-state index contributed by atoms with van der Waals surface area (Å²) >= 11 is 13.5. The molecule has 0 unspecified atom stereocenters. The molecule has 0 spiro atoms. The maximum absolute atomic E-state index is 12.3. The Balaban J connectivity index is 1.40. The van der Waals surface area contributed by atoms with Gasteiger partial charge in [0.15, 0.2) is 5.16 Å². The van der Waals surface area contributed by atoms with Crippen molar-refractivity contribution in [1.29, 1.82) is 0 Å². The van der Waals surface area contributed by atoms with Crippen molar-refractivity contribution < 1.29 is 4.79 Å². The maximum atomic E-state index is 12.3. The smallest absolute Gasteiger partial charge is 0.250 e. The lowest BCUT2D eigenvalue weighted by Gasteiger charge is -2.09. The zero-order valence-electron chi connectivity index (χ0n) is 17.5. The number of aromatic nitrogens is 2. The fraction of sp³-hybridized carbons (Fsp3) is 0.0800. The predicted octanol–water partition coefficient (Wildman–Crippen LogP) is 6.21. The van der Waals surface area contributed by atoms with Gasteiger partial charge in [-0.05, 0) is 41.5 Å². The topological polar surface area (TPSA) is 59.3 Å². The second-order valence-electron chi connectivity index (χ2n) is 7.12. The van der Waals surface area contributed by atoms with Gasteiger partial charge in [-0.3, -0.25) is 4.79 Å². The number of benzene rings is 3. The van der Waals surface area contributed by atoms with Gasteiger partial charge < -0.3 is 4.57 Å². The second-order valence-corrected chi connectivity index (χ2v) is 8.93. The van der Waals surface area contributed by atoms with E-state index in [4.69, 9.17) is 28.2 Å². The van der Waals surface area contributed by atoms with E-state index in [0.717, 1.165) is 27.3 Å². The summed E-state index contributed by atoms with van der Waals surface area (Å²) in [5.74, 6) is -0.0769. The lowest BCUT2D eigenvalue weighted by atomic mass is 10.2. The molecule has 1 N–H and O–H groups in total. The third-order valence-electron chi connectivity index (χ3n) is 4.69.